The summed E-state index contributed by atoms with van der Waals surface area (Å²) in [7, 11) is 0. The fourth-order valence-corrected chi connectivity index (χ4v) is 0.780. The number of aliphatic imine (C=N–C) groups is 1. The molecule has 0 aliphatic heterocycles. The Bertz CT molecular complexity index is 256. The van der Waals surface area contributed by atoms with Crippen molar-refractivity contribution in [2.45, 2.75) is 6.92 Å². The number of amidine groups is 1. The van der Waals surface area contributed by atoms with Gasteiger partial charge in [0, 0.05) is 18.9 Å². The third-order valence-corrected chi connectivity index (χ3v) is 1.26. The normalized spacial score (nSPS) is 11.3. The van der Waals surface area contributed by atoms with Crippen LogP contribution >= 0.6 is 0 Å². The van der Waals surface area contributed by atoms with E-state index >= 15 is 0 Å². The predicted molar refractivity (Wildman–Crippen MR) is 46.4 cm³/mol. The van der Waals surface area contributed by atoms with Crippen molar-refractivity contribution in [3.63, 3.8) is 0 Å². The number of nitrogens with zero attached hydrogens (tertiary/aromatic N) is 3. The predicted octanol–water partition coefficient (Wildman–Crippen LogP) is -0.294. The lowest BCUT2D eigenvalue weighted by Crippen LogP contribution is -2.32. The standard InChI is InChI=1S/C7H11N5/c1-2-10-7(12-8)6-5-9-3-4-11-6/h3-5H,2,8H2,1H3,(H,10,12). The molecule has 1 aromatic rings. The third-order valence-electron chi connectivity index (χ3n) is 1.26. The lowest BCUT2D eigenvalue weighted by atomic mass is 10.4. The summed E-state index contributed by atoms with van der Waals surface area (Å²) in [4.78, 5) is 12.0. The average Bonchev–Trinajstić information content (AvgIpc) is 2.15. The Kier molecular flexibility index (Phi) is 3.16. The van der Waals surface area contributed by atoms with Gasteiger partial charge in [0.2, 0.25) is 0 Å². The number of aromatic nitrogens is 2. The highest BCUT2D eigenvalue weighted by Crippen LogP contribution is 1.90. The molecule has 0 fully saturated rings. The summed E-state index contributed by atoms with van der Waals surface area (Å²) in [5.74, 6) is 5.80. The lowest BCUT2D eigenvalue weighted by molar-refractivity contribution is 0.975. The molecule has 0 unspecified atom stereocenters. The first-order valence-corrected chi connectivity index (χ1v) is 3.66. The number of nitrogens with one attached hydrogen (secondary N) is 1. The second kappa shape index (κ2) is 4.40. The van der Waals surface area contributed by atoms with Crippen molar-refractivity contribution in [1.82, 2.24) is 15.4 Å². The molecule has 0 radical (unpaired) electrons. The first kappa shape index (κ1) is 8.61. The van der Waals surface area contributed by atoms with Crippen LogP contribution in [0.1, 0.15) is 12.6 Å². The van der Waals surface area contributed by atoms with Gasteiger partial charge in [0.05, 0.1) is 6.20 Å². The molecule has 0 saturated carbocycles. The van der Waals surface area contributed by atoms with Crippen molar-refractivity contribution >= 4 is 5.84 Å². The molecule has 0 spiro atoms. The summed E-state index contributed by atoms with van der Waals surface area (Å²) < 4.78 is 0. The Balaban J connectivity index is 2.88. The zero-order valence-electron chi connectivity index (χ0n) is 6.86. The molecule has 5 heteroatoms. The van der Waals surface area contributed by atoms with E-state index in [2.05, 4.69) is 20.4 Å². The molecule has 0 aliphatic carbocycles. The van der Waals surface area contributed by atoms with E-state index in [-0.39, 0.29) is 0 Å². The molecule has 1 aromatic heterocycles. The van der Waals surface area contributed by atoms with Crippen LogP contribution in [0.5, 0.6) is 0 Å². The van der Waals surface area contributed by atoms with E-state index in [9.17, 15) is 0 Å². The monoisotopic (exact) mass is 165 g/mol. The van der Waals surface area contributed by atoms with E-state index in [0.717, 1.165) is 0 Å². The quantitative estimate of drug-likeness (QED) is 0.273. The number of nitrogens with two attached hydrogens (primary N) is 1. The Morgan fingerprint density at radius 2 is 2.50 bits per heavy atom. The van der Waals surface area contributed by atoms with Gasteiger partial charge in [-0.1, -0.05) is 0 Å². The van der Waals surface area contributed by atoms with Gasteiger partial charge in [-0.05, 0) is 6.92 Å². The Morgan fingerprint density at radius 1 is 1.67 bits per heavy atom. The minimum atomic E-state index is 0.561. The van der Waals surface area contributed by atoms with Crippen LogP contribution in [0.3, 0.4) is 0 Å². The summed E-state index contributed by atoms with van der Waals surface area (Å²) in [6.07, 6.45) is 4.80. The molecule has 1 heterocycles. The third kappa shape index (κ3) is 2.00. The number of hydrogen-bond acceptors (Lipinski definition) is 4. The van der Waals surface area contributed by atoms with Crippen molar-refractivity contribution in [2.24, 2.45) is 10.8 Å². The van der Waals surface area contributed by atoms with Gasteiger partial charge in [0.25, 0.3) is 0 Å². The van der Waals surface area contributed by atoms with E-state index in [4.69, 9.17) is 5.84 Å². The maximum atomic E-state index is 5.24. The molecule has 5 nitrogen and oxygen atoms in total. The molecule has 3 N–H and O–H groups in total. The maximum absolute atomic E-state index is 5.24. The van der Waals surface area contributed by atoms with Gasteiger partial charge in [-0.15, -0.1) is 0 Å². The minimum absolute atomic E-state index is 0.561. The molecule has 0 aliphatic rings. The summed E-state index contributed by atoms with van der Waals surface area (Å²) in [6, 6.07) is 0. The molecule has 0 aromatic carbocycles. The fourth-order valence-electron chi connectivity index (χ4n) is 0.780. The Hall–Kier alpha value is -1.49. The number of hydrogen-bond donors (Lipinski definition) is 2. The topological polar surface area (TPSA) is 76.2 Å². The van der Waals surface area contributed by atoms with Crippen LogP contribution in [0.25, 0.3) is 0 Å². The molecular weight excluding hydrogens is 154 g/mol. The zero-order valence-corrected chi connectivity index (χ0v) is 6.86. The van der Waals surface area contributed by atoms with Crippen LogP contribution in [-0.4, -0.2) is 22.3 Å². The smallest absolute Gasteiger partial charge is 0.163 e. The van der Waals surface area contributed by atoms with Gasteiger partial charge >= 0.3 is 0 Å². The van der Waals surface area contributed by atoms with Crippen molar-refractivity contribution in [2.75, 3.05) is 6.54 Å². The van der Waals surface area contributed by atoms with Crippen molar-refractivity contribution in [3.05, 3.63) is 24.3 Å². The minimum Gasteiger partial charge on any atom is -0.307 e. The lowest BCUT2D eigenvalue weighted by Gasteiger charge is -2.02. The van der Waals surface area contributed by atoms with E-state index < -0.39 is 0 Å². The fraction of sp³-hybridized carbons (Fsp3) is 0.286. The van der Waals surface area contributed by atoms with Gasteiger partial charge in [-0.3, -0.25) is 9.98 Å². The zero-order chi connectivity index (χ0) is 8.81. The van der Waals surface area contributed by atoms with Crippen LogP contribution < -0.4 is 11.3 Å². The summed E-state index contributed by atoms with van der Waals surface area (Å²) >= 11 is 0. The first-order chi connectivity index (χ1) is 5.88. The largest absolute Gasteiger partial charge is 0.307 e. The molecule has 0 bridgehead atoms. The van der Waals surface area contributed by atoms with Gasteiger partial charge < -0.3 is 5.43 Å². The summed E-state index contributed by atoms with van der Waals surface area (Å²) in [5, 5.41) is 0. The number of rotatable bonds is 2. The van der Waals surface area contributed by atoms with E-state index in [1.807, 2.05) is 6.92 Å². The van der Waals surface area contributed by atoms with Crippen LogP contribution in [0.4, 0.5) is 0 Å². The van der Waals surface area contributed by atoms with Crippen molar-refractivity contribution in [1.29, 1.82) is 0 Å². The molecule has 12 heavy (non-hydrogen) atoms. The SMILES string of the molecule is CCN=C(NN)c1cnccn1. The molecule has 64 valence electrons. The molecular formula is C7H11N5. The second-order valence-electron chi connectivity index (χ2n) is 2.06. The van der Waals surface area contributed by atoms with Gasteiger partial charge in [0.15, 0.2) is 5.84 Å². The Morgan fingerprint density at radius 3 is 3.00 bits per heavy atom. The highest BCUT2D eigenvalue weighted by molar-refractivity contribution is 5.96. The highest BCUT2D eigenvalue weighted by atomic mass is 15.3. The van der Waals surface area contributed by atoms with Crippen LogP contribution in [-0.2, 0) is 0 Å². The maximum Gasteiger partial charge on any atom is 0.163 e. The molecule has 0 saturated heterocycles. The van der Waals surface area contributed by atoms with Crippen molar-refractivity contribution < 1.29 is 0 Å². The second-order valence-corrected chi connectivity index (χ2v) is 2.06. The Labute approximate surface area is 70.7 Å². The summed E-state index contributed by atoms with van der Waals surface area (Å²) in [6.45, 7) is 2.59. The van der Waals surface area contributed by atoms with Gasteiger partial charge in [-0.25, -0.2) is 10.8 Å². The molecule has 0 atom stereocenters. The van der Waals surface area contributed by atoms with Gasteiger partial charge in [-0.2, -0.15) is 0 Å². The van der Waals surface area contributed by atoms with Crippen molar-refractivity contribution in [3.8, 4) is 0 Å². The highest BCUT2D eigenvalue weighted by Gasteiger charge is 2.00. The first-order valence-electron chi connectivity index (χ1n) is 3.66. The van der Waals surface area contributed by atoms with Crippen LogP contribution in [0.15, 0.2) is 23.6 Å². The van der Waals surface area contributed by atoms with Crippen LogP contribution in [0.2, 0.25) is 0 Å². The number of hydrazine groups is 1. The molecule has 1 rings (SSSR count). The van der Waals surface area contributed by atoms with E-state index in [0.29, 0.717) is 18.1 Å². The van der Waals surface area contributed by atoms with Gasteiger partial charge in [0.1, 0.15) is 5.69 Å². The van der Waals surface area contributed by atoms with E-state index in [1.165, 1.54) is 0 Å². The van der Waals surface area contributed by atoms with Crippen LogP contribution in [0, 0.1) is 0 Å². The molecule has 0 amide bonds. The summed E-state index contributed by atoms with van der Waals surface area (Å²) in [5.41, 5.74) is 3.12. The average molecular weight is 165 g/mol. The van der Waals surface area contributed by atoms with E-state index in [1.54, 1.807) is 18.6 Å².